The van der Waals surface area contributed by atoms with E-state index in [0.29, 0.717) is 18.8 Å². The van der Waals surface area contributed by atoms with Crippen molar-refractivity contribution in [2.24, 2.45) is 0 Å². The number of carboxylic acid groups (broad SMARTS) is 2. The molecule has 0 atom stereocenters. The second-order valence-corrected chi connectivity index (χ2v) is 4.32. The molecule has 118 valence electrons. The van der Waals surface area contributed by atoms with Crippen LogP contribution in [0.2, 0.25) is 0 Å². The maximum absolute atomic E-state index is 11.6. The molecule has 0 bridgehead atoms. The van der Waals surface area contributed by atoms with Crippen LogP contribution >= 0.6 is 0 Å². The molecule has 2 rings (SSSR count). The van der Waals surface area contributed by atoms with Crippen LogP contribution in [0.3, 0.4) is 0 Å². The summed E-state index contributed by atoms with van der Waals surface area (Å²) in [6, 6.07) is 11.8. The summed E-state index contributed by atoms with van der Waals surface area (Å²) >= 11 is 0. The third kappa shape index (κ3) is 5.66. The summed E-state index contributed by atoms with van der Waals surface area (Å²) < 4.78 is 6.74. The minimum atomic E-state index is -1.83. The van der Waals surface area contributed by atoms with Gasteiger partial charge in [0.1, 0.15) is 0 Å². The average molecular weight is 306 g/mol. The van der Waals surface area contributed by atoms with Crippen LogP contribution in [-0.2, 0) is 11.3 Å². The Kier molecular flexibility index (Phi) is 6.62. The number of ether oxygens (including phenoxy) is 1. The van der Waals surface area contributed by atoms with Gasteiger partial charge in [-0.05, 0) is 25.5 Å². The maximum Gasteiger partial charge on any atom is 0.503 e. The molecule has 0 aliphatic heterocycles. The maximum atomic E-state index is 11.6. The van der Waals surface area contributed by atoms with Gasteiger partial charge in [0.15, 0.2) is 5.69 Å². The highest BCUT2D eigenvalue weighted by Crippen LogP contribution is 2.08. The number of aryl methyl sites for hydroxylation is 1. The lowest BCUT2D eigenvalue weighted by Crippen LogP contribution is -2.08. The Bertz CT molecular complexity index is 618. The first kappa shape index (κ1) is 17.2. The molecule has 1 aromatic heterocycles. The summed E-state index contributed by atoms with van der Waals surface area (Å²) in [5.41, 5.74) is 2.46. The average Bonchev–Trinajstić information content (AvgIpc) is 2.81. The van der Waals surface area contributed by atoms with E-state index in [-0.39, 0.29) is 5.97 Å². The molecule has 0 saturated heterocycles. The first-order chi connectivity index (χ1) is 10.4. The van der Waals surface area contributed by atoms with Crippen molar-refractivity contribution in [3.05, 3.63) is 53.3 Å². The molecular weight excluding hydrogens is 288 g/mol. The number of hydrogen-bond donors (Lipinski definition) is 2. The zero-order valence-corrected chi connectivity index (χ0v) is 12.4. The molecule has 0 radical (unpaired) electrons. The molecule has 7 heteroatoms. The van der Waals surface area contributed by atoms with Crippen molar-refractivity contribution in [2.75, 3.05) is 6.61 Å². The summed E-state index contributed by atoms with van der Waals surface area (Å²) in [4.78, 5) is 20.1. The minimum Gasteiger partial charge on any atom is -0.461 e. The van der Waals surface area contributed by atoms with E-state index in [1.165, 1.54) is 0 Å². The lowest BCUT2D eigenvalue weighted by Gasteiger charge is -2.03. The van der Waals surface area contributed by atoms with Crippen molar-refractivity contribution < 1.29 is 24.5 Å². The largest absolute Gasteiger partial charge is 0.503 e. The fourth-order valence-corrected chi connectivity index (χ4v) is 1.73. The molecule has 0 aliphatic carbocycles. The van der Waals surface area contributed by atoms with Gasteiger partial charge in [-0.3, -0.25) is 4.68 Å². The summed E-state index contributed by atoms with van der Waals surface area (Å²) in [5, 5.41) is 18.2. The number of benzene rings is 1. The zero-order chi connectivity index (χ0) is 16.5. The predicted molar refractivity (Wildman–Crippen MR) is 79.1 cm³/mol. The van der Waals surface area contributed by atoms with E-state index in [2.05, 4.69) is 5.10 Å². The fourth-order valence-electron chi connectivity index (χ4n) is 1.73. The third-order valence-electron chi connectivity index (χ3n) is 2.64. The van der Waals surface area contributed by atoms with Gasteiger partial charge in [0.2, 0.25) is 0 Å². The van der Waals surface area contributed by atoms with Crippen LogP contribution in [0.5, 0.6) is 0 Å². The van der Waals surface area contributed by atoms with Gasteiger partial charge in [-0.15, -0.1) is 0 Å². The van der Waals surface area contributed by atoms with E-state index in [9.17, 15) is 4.79 Å². The van der Waals surface area contributed by atoms with Gasteiger partial charge >= 0.3 is 12.1 Å². The van der Waals surface area contributed by atoms with E-state index in [4.69, 9.17) is 19.7 Å². The molecular formula is C15H18N2O5. The van der Waals surface area contributed by atoms with E-state index in [1.807, 2.05) is 41.9 Å². The smallest absolute Gasteiger partial charge is 0.461 e. The number of nitrogens with zero attached hydrogens (tertiary/aromatic N) is 2. The first-order valence-corrected chi connectivity index (χ1v) is 6.61. The molecule has 0 amide bonds. The molecule has 0 fully saturated rings. The van der Waals surface area contributed by atoms with E-state index < -0.39 is 6.16 Å². The van der Waals surface area contributed by atoms with Gasteiger partial charge < -0.3 is 14.9 Å². The van der Waals surface area contributed by atoms with Crippen LogP contribution in [0.1, 0.15) is 28.7 Å². The molecule has 2 aromatic rings. The summed E-state index contributed by atoms with van der Waals surface area (Å²) in [7, 11) is 0. The molecule has 7 nitrogen and oxygen atoms in total. The molecule has 22 heavy (non-hydrogen) atoms. The van der Waals surface area contributed by atoms with Crippen LogP contribution in [-0.4, -0.2) is 38.7 Å². The first-order valence-electron chi connectivity index (χ1n) is 6.61. The van der Waals surface area contributed by atoms with Crippen LogP contribution in [0.4, 0.5) is 4.79 Å². The second-order valence-electron chi connectivity index (χ2n) is 4.32. The Morgan fingerprint density at radius 1 is 1.23 bits per heavy atom. The van der Waals surface area contributed by atoms with Crippen LogP contribution in [0, 0.1) is 6.92 Å². The molecule has 2 N–H and O–H groups in total. The standard InChI is InChI=1S/C14H16N2O2.CH2O3/c1-3-18-14(17)13-9-11(2)16(15-13)10-12-7-5-4-6-8-12;2-1(3)4/h4-9H,3,10H2,1-2H3;(H2,2,3,4). The van der Waals surface area contributed by atoms with Crippen LogP contribution < -0.4 is 0 Å². The van der Waals surface area contributed by atoms with E-state index in [1.54, 1.807) is 13.0 Å². The highest BCUT2D eigenvalue weighted by Gasteiger charge is 2.13. The quantitative estimate of drug-likeness (QED) is 0.842. The van der Waals surface area contributed by atoms with E-state index >= 15 is 0 Å². The normalized spacial score (nSPS) is 9.55. The highest BCUT2D eigenvalue weighted by atomic mass is 16.6. The number of carbonyl (C=O) groups excluding carboxylic acids is 1. The predicted octanol–water partition coefficient (Wildman–Crippen LogP) is 2.64. The monoisotopic (exact) mass is 306 g/mol. The van der Waals surface area contributed by atoms with Crippen molar-refractivity contribution in [2.45, 2.75) is 20.4 Å². The Balaban J connectivity index is 0.000000541. The highest BCUT2D eigenvalue weighted by molar-refractivity contribution is 5.87. The minimum absolute atomic E-state index is 0.365. The van der Waals surface area contributed by atoms with Gasteiger partial charge in [-0.25, -0.2) is 9.59 Å². The van der Waals surface area contributed by atoms with Gasteiger partial charge in [-0.2, -0.15) is 5.10 Å². The van der Waals surface area contributed by atoms with Crippen molar-refractivity contribution in [3.63, 3.8) is 0 Å². The van der Waals surface area contributed by atoms with Crippen molar-refractivity contribution in [3.8, 4) is 0 Å². The van der Waals surface area contributed by atoms with Gasteiger partial charge in [0.25, 0.3) is 0 Å². The topological polar surface area (TPSA) is 102 Å². The van der Waals surface area contributed by atoms with Gasteiger partial charge in [0.05, 0.1) is 13.2 Å². The lowest BCUT2D eigenvalue weighted by atomic mass is 10.2. The number of aromatic nitrogens is 2. The Morgan fingerprint density at radius 3 is 2.36 bits per heavy atom. The van der Waals surface area contributed by atoms with Crippen LogP contribution in [0.25, 0.3) is 0 Å². The Hall–Kier alpha value is -2.83. The molecule has 0 aliphatic rings. The lowest BCUT2D eigenvalue weighted by molar-refractivity contribution is 0.0518. The fraction of sp³-hybridized carbons (Fsp3) is 0.267. The molecule has 0 spiro atoms. The summed E-state index contributed by atoms with van der Waals surface area (Å²) in [5.74, 6) is -0.368. The third-order valence-corrected chi connectivity index (χ3v) is 2.64. The SMILES string of the molecule is CCOC(=O)c1cc(C)n(Cc2ccccc2)n1.O=C(O)O. The van der Waals surface area contributed by atoms with Crippen molar-refractivity contribution >= 4 is 12.1 Å². The van der Waals surface area contributed by atoms with E-state index in [0.717, 1.165) is 11.3 Å². The Labute approximate surface area is 127 Å². The van der Waals surface area contributed by atoms with Gasteiger partial charge in [-0.1, -0.05) is 30.3 Å². The van der Waals surface area contributed by atoms with Crippen molar-refractivity contribution in [1.82, 2.24) is 9.78 Å². The zero-order valence-electron chi connectivity index (χ0n) is 12.4. The summed E-state index contributed by atoms with van der Waals surface area (Å²) in [6.45, 7) is 4.74. The molecule has 0 saturated carbocycles. The number of carbonyl (C=O) groups is 2. The van der Waals surface area contributed by atoms with Crippen molar-refractivity contribution in [1.29, 1.82) is 0 Å². The molecule has 1 heterocycles. The molecule has 0 unspecified atom stereocenters. The Morgan fingerprint density at radius 2 is 1.82 bits per heavy atom. The van der Waals surface area contributed by atoms with Gasteiger partial charge in [0, 0.05) is 5.69 Å². The number of rotatable bonds is 4. The summed E-state index contributed by atoms with van der Waals surface area (Å²) in [6.07, 6.45) is -1.83. The molecule has 1 aromatic carbocycles. The number of hydrogen-bond acceptors (Lipinski definition) is 4. The number of esters is 1. The second kappa shape index (κ2) is 8.46. The van der Waals surface area contributed by atoms with Crippen LogP contribution in [0.15, 0.2) is 36.4 Å².